The predicted octanol–water partition coefficient (Wildman–Crippen LogP) is 3.72. The number of ether oxygens (including phenoxy) is 1. The Morgan fingerprint density at radius 2 is 2.15 bits per heavy atom. The molecule has 4 nitrogen and oxygen atoms in total. The number of pyridine rings is 1. The van der Waals surface area contributed by atoms with Crippen LogP contribution in [0.3, 0.4) is 0 Å². The molecule has 0 aliphatic carbocycles. The van der Waals surface area contributed by atoms with Crippen molar-refractivity contribution in [3.8, 4) is 17.1 Å². The van der Waals surface area contributed by atoms with Gasteiger partial charge in [-0.1, -0.05) is 19.1 Å². The average Bonchev–Trinajstić information content (AvgIpc) is 2.88. The SMILES string of the molecule is CCCOc1cccc(-c2nc3ncc(C)cc3[nH]2)c1. The molecule has 102 valence electrons. The Kier molecular flexibility index (Phi) is 3.37. The molecule has 1 N–H and O–H groups in total. The van der Waals surface area contributed by atoms with E-state index in [2.05, 4.69) is 27.9 Å². The Balaban J connectivity index is 1.97. The van der Waals surface area contributed by atoms with Gasteiger partial charge in [-0.15, -0.1) is 0 Å². The Morgan fingerprint density at radius 1 is 1.25 bits per heavy atom. The van der Waals surface area contributed by atoms with E-state index in [4.69, 9.17) is 4.74 Å². The molecule has 3 rings (SSSR count). The Morgan fingerprint density at radius 3 is 3.00 bits per heavy atom. The summed E-state index contributed by atoms with van der Waals surface area (Å²) in [4.78, 5) is 12.2. The molecule has 0 spiro atoms. The van der Waals surface area contributed by atoms with Gasteiger partial charge in [0.25, 0.3) is 0 Å². The molecule has 0 atom stereocenters. The molecule has 4 heteroatoms. The Labute approximate surface area is 117 Å². The number of aryl methyl sites for hydroxylation is 1. The summed E-state index contributed by atoms with van der Waals surface area (Å²) in [6, 6.07) is 10.0. The zero-order chi connectivity index (χ0) is 13.9. The summed E-state index contributed by atoms with van der Waals surface area (Å²) in [5.41, 5.74) is 3.83. The van der Waals surface area contributed by atoms with Gasteiger partial charge in [0.2, 0.25) is 0 Å². The second kappa shape index (κ2) is 5.33. The molecule has 0 fully saturated rings. The molecule has 0 unspecified atom stereocenters. The van der Waals surface area contributed by atoms with E-state index >= 15 is 0 Å². The fraction of sp³-hybridized carbons (Fsp3) is 0.250. The van der Waals surface area contributed by atoms with E-state index in [0.717, 1.165) is 46.9 Å². The van der Waals surface area contributed by atoms with Crippen molar-refractivity contribution in [3.05, 3.63) is 42.1 Å². The standard InChI is InChI=1S/C16H17N3O/c1-3-7-20-13-6-4-5-12(9-13)15-18-14-8-11(2)10-17-16(14)19-15/h4-6,8-10H,3,7H2,1-2H3,(H,17,18,19). The topological polar surface area (TPSA) is 50.8 Å². The first-order valence-electron chi connectivity index (χ1n) is 6.82. The van der Waals surface area contributed by atoms with Crippen molar-refractivity contribution in [1.82, 2.24) is 15.0 Å². The van der Waals surface area contributed by atoms with Crippen LogP contribution in [0.4, 0.5) is 0 Å². The second-order valence-electron chi connectivity index (χ2n) is 4.85. The first-order valence-corrected chi connectivity index (χ1v) is 6.82. The van der Waals surface area contributed by atoms with E-state index in [1.54, 1.807) is 0 Å². The highest BCUT2D eigenvalue weighted by atomic mass is 16.5. The van der Waals surface area contributed by atoms with Crippen LogP contribution >= 0.6 is 0 Å². The number of hydrogen-bond donors (Lipinski definition) is 1. The summed E-state index contributed by atoms with van der Waals surface area (Å²) in [5.74, 6) is 1.69. The van der Waals surface area contributed by atoms with Crippen LogP contribution in [-0.4, -0.2) is 21.6 Å². The third-order valence-corrected chi connectivity index (χ3v) is 3.05. The Bertz CT molecular complexity index is 733. The van der Waals surface area contributed by atoms with Crippen LogP contribution in [0.5, 0.6) is 5.75 Å². The number of benzene rings is 1. The lowest BCUT2D eigenvalue weighted by Gasteiger charge is -2.05. The number of fused-ring (bicyclic) bond motifs is 1. The minimum Gasteiger partial charge on any atom is -0.494 e. The fourth-order valence-corrected chi connectivity index (χ4v) is 2.09. The first-order chi connectivity index (χ1) is 9.76. The van der Waals surface area contributed by atoms with Crippen molar-refractivity contribution < 1.29 is 4.74 Å². The molecule has 2 heterocycles. The minimum absolute atomic E-state index is 0.727. The number of nitrogens with zero attached hydrogens (tertiary/aromatic N) is 2. The maximum atomic E-state index is 5.65. The van der Waals surface area contributed by atoms with Gasteiger partial charge in [-0.3, -0.25) is 0 Å². The third-order valence-electron chi connectivity index (χ3n) is 3.05. The van der Waals surface area contributed by atoms with Crippen LogP contribution in [0.15, 0.2) is 36.5 Å². The quantitative estimate of drug-likeness (QED) is 0.783. The summed E-state index contributed by atoms with van der Waals surface area (Å²) >= 11 is 0. The monoisotopic (exact) mass is 267 g/mol. The summed E-state index contributed by atoms with van der Waals surface area (Å²) in [6.45, 7) is 4.84. The lowest BCUT2D eigenvalue weighted by molar-refractivity contribution is 0.317. The summed E-state index contributed by atoms with van der Waals surface area (Å²) in [6.07, 6.45) is 2.83. The van der Waals surface area contributed by atoms with Crippen LogP contribution in [0, 0.1) is 6.92 Å². The van der Waals surface area contributed by atoms with Gasteiger partial charge in [0, 0.05) is 11.8 Å². The number of H-pyrrole nitrogens is 1. The zero-order valence-corrected chi connectivity index (χ0v) is 11.7. The third kappa shape index (κ3) is 2.50. The van der Waals surface area contributed by atoms with E-state index in [1.165, 1.54) is 0 Å². The highest BCUT2D eigenvalue weighted by Gasteiger charge is 2.07. The van der Waals surface area contributed by atoms with Gasteiger partial charge >= 0.3 is 0 Å². The van der Waals surface area contributed by atoms with Gasteiger partial charge in [-0.25, -0.2) is 9.97 Å². The van der Waals surface area contributed by atoms with Gasteiger partial charge in [0.1, 0.15) is 11.6 Å². The highest BCUT2D eigenvalue weighted by Crippen LogP contribution is 2.23. The number of rotatable bonds is 4. The van der Waals surface area contributed by atoms with Crippen LogP contribution in [0.1, 0.15) is 18.9 Å². The van der Waals surface area contributed by atoms with E-state index in [-0.39, 0.29) is 0 Å². The molecule has 1 aromatic carbocycles. The molecule has 0 aliphatic rings. The highest BCUT2D eigenvalue weighted by molar-refractivity contribution is 5.76. The molecule has 0 aliphatic heterocycles. The predicted molar refractivity (Wildman–Crippen MR) is 79.8 cm³/mol. The van der Waals surface area contributed by atoms with E-state index in [9.17, 15) is 0 Å². The molecule has 3 aromatic rings. The molecule has 20 heavy (non-hydrogen) atoms. The largest absolute Gasteiger partial charge is 0.494 e. The smallest absolute Gasteiger partial charge is 0.178 e. The number of imidazole rings is 1. The molecule has 0 bridgehead atoms. The van der Waals surface area contributed by atoms with Gasteiger partial charge < -0.3 is 9.72 Å². The first kappa shape index (κ1) is 12.7. The van der Waals surface area contributed by atoms with Crippen molar-refractivity contribution >= 4 is 11.2 Å². The van der Waals surface area contributed by atoms with E-state index < -0.39 is 0 Å². The zero-order valence-electron chi connectivity index (χ0n) is 11.7. The number of nitrogens with one attached hydrogen (secondary N) is 1. The van der Waals surface area contributed by atoms with Crippen LogP contribution in [-0.2, 0) is 0 Å². The molecule has 0 radical (unpaired) electrons. The normalized spacial score (nSPS) is 10.9. The summed E-state index contributed by atoms with van der Waals surface area (Å²) in [7, 11) is 0. The lowest BCUT2D eigenvalue weighted by atomic mass is 10.2. The number of hydrogen-bond acceptors (Lipinski definition) is 3. The Hall–Kier alpha value is -2.36. The van der Waals surface area contributed by atoms with E-state index in [1.807, 2.05) is 37.4 Å². The second-order valence-corrected chi connectivity index (χ2v) is 4.85. The molecule has 0 saturated heterocycles. The maximum absolute atomic E-state index is 5.65. The van der Waals surface area contributed by atoms with Crippen molar-refractivity contribution in [1.29, 1.82) is 0 Å². The molecular formula is C16H17N3O. The van der Waals surface area contributed by atoms with Gasteiger partial charge in [0.05, 0.1) is 12.1 Å². The van der Waals surface area contributed by atoms with Gasteiger partial charge in [-0.2, -0.15) is 0 Å². The van der Waals surface area contributed by atoms with Crippen LogP contribution in [0.25, 0.3) is 22.6 Å². The van der Waals surface area contributed by atoms with Gasteiger partial charge in [-0.05, 0) is 37.1 Å². The van der Waals surface area contributed by atoms with Crippen molar-refractivity contribution in [2.24, 2.45) is 0 Å². The van der Waals surface area contributed by atoms with Crippen LogP contribution < -0.4 is 4.74 Å². The maximum Gasteiger partial charge on any atom is 0.178 e. The fourth-order valence-electron chi connectivity index (χ4n) is 2.09. The van der Waals surface area contributed by atoms with E-state index in [0.29, 0.717) is 0 Å². The molecule has 0 amide bonds. The molecule has 2 aromatic heterocycles. The molecular weight excluding hydrogens is 250 g/mol. The van der Waals surface area contributed by atoms with Crippen molar-refractivity contribution in [3.63, 3.8) is 0 Å². The van der Waals surface area contributed by atoms with Crippen molar-refractivity contribution in [2.45, 2.75) is 20.3 Å². The number of aromatic nitrogens is 3. The lowest BCUT2D eigenvalue weighted by Crippen LogP contribution is -1.94. The average molecular weight is 267 g/mol. The summed E-state index contributed by atoms with van der Waals surface area (Å²) < 4.78 is 5.65. The summed E-state index contributed by atoms with van der Waals surface area (Å²) in [5, 5.41) is 0. The van der Waals surface area contributed by atoms with Crippen molar-refractivity contribution in [2.75, 3.05) is 6.61 Å². The van der Waals surface area contributed by atoms with Gasteiger partial charge in [0.15, 0.2) is 5.65 Å². The minimum atomic E-state index is 0.727. The number of aromatic amines is 1. The molecule has 0 saturated carbocycles. The van der Waals surface area contributed by atoms with Crippen LogP contribution in [0.2, 0.25) is 0 Å².